The van der Waals surface area contributed by atoms with E-state index in [0.717, 1.165) is 38.7 Å². The monoisotopic (exact) mass is 522 g/mol. The third kappa shape index (κ3) is 3.74. The Balaban J connectivity index is 1.47. The SMILES string of the molecule is COc1ccc(C(=C2[C@H]3C=C[C@H]2[C@@H]2C(=O)N(c4ccc(C)cc4[N+](=O)[O-])C(=O)[C@H]23)c2ccc(OC)cc2)cc1. The van der Waals surface area contributed by atoms with Gasteiger partial charge < -0.3 is 9.47 Å². The van der Waals surface area contributed by atoms with Crippen molar-refractivity contribution in [2.45, 2.75) is 6.92 Å². The zero-order valence-corrected chi connectivity index (χ0v) is 21.7. The molecule has 2 fully saturated rings. The first-order chi connectivity index (χ1) is 18.8. The minimum Gasteiger partial charge on any atom is -0.497 e. The largest absolute Gasteiger partial charge is 0.497 e. The highest BCUT2D eigenvalue weighted by atomic mass is 16.6. The van der Waals surface area contributed by atoms with Crippen LogP contribution in [0.3, 0.4) is 0 Å². The molecule has 0 spiro atoms. The summed E-state index contributed by atoms with van der Waals surface area (Å²) < 4.78 is 10.7. The number of aryl methyl sites for hydroxylation is 1. The van der Waals surface area contributed by atoms with Crippen LogP contribution in [0, 0.1) is 40.7 Å². The lowest BCUT2D eigenvalue weighted by atomic mass is 9.85. The third-order valence-corrected chi connectivity index (χ3v) is 8.03. The lowest BCUT2D eigenvalue weighted by molar-refractivity contribution is -0.384. The zero-order chi connectivity index (χ0) is 27.4. The van der Waals surface area contributed by atoms with Crippen molar-refractivity contribution in [3.05, 3.63) is 111 Å². The molecule has 3 aromatic carbocycles. The number of nitro groups is 1. The van der Waals surface area contributed by atoms with Gasteiger partial charge in [-0.1, -0.05) is 42.5 Å². The fourth-order valence-electron chi connectivity index (χ4n) is 6.32. The van der Waals surface area contributed by atoms with E-state index in [4.69, 9.17) is 9.47 Å². The molecule has 0 N–H and O–H groups in total. The van der Waals surface area contributed by atoms with Crippen LogP contribution in [-0.2, 0) is 9.59 Å². The summed E-state index contributed by atoms with van der Waals surface area (Å²) in [5.41, 5.74) is 4.33. The second-order valence-electron chi connectivity index (χ2n) is 10.0. The smallest absolute Gasteiger partial charge is 0.293 e. The standard InChI is InChI=1S/C31H26N2O6/c1-17-4-15-24(25(16-17)33(36)37)32-30(34)28-22-13-14-23(29(28)31(32)35)27(22)26(18-5-9-20(38-2)10-6-18)19-7-11-21(39-3)12-8-19/h4-16,22-23,28-29H,1-3H3/t22-,23-,28+,29+/m1/s1. The van der Waals surface area contributed by atoms with Crippen LogP contribution in [0.5, 0.6) is 11.5 Å². The van der Waals surface area contributed by atoms with E-state index in [0.29, 0.717) is 5.56 Å². The number of hydrogen-bond acceptors (Lipinski definition) is 6. The number of imide groups is 1. The van der Waals surface area contributed by atoms with Crippen molar-refractivity contribution in [1.82, 2.24) is 0 Å². The fraction of sp³-hybridized carbons (Fsp3) is 0.226. The van der Waals surface area contributed by atoms with Gasteiger partial charge in [0.25, 0.3) is 5.69 Å². The molecular weight excluding hydrogens is 496 g/mol. The summed E-state index contributed by atoms with van der Waals surface area (Å²) in [6.45, 7) is 1.74. The molecule has 1 saturated heterocycles. The molecule has 2 bridgehead atoms. The minimum absolute atomic E-state index is 0.0328. The van der Waals surface area contributed by atoms with E-state index in [2.05, 4.69) is 0 Å². The first-order valence-electron chi connectivity index (χ1n) is 12.7. The number of allylic oxidation sites excluding steroid dienone is 3. The van der Waals surface area contributed by atoms with Crippen molar-refractivity contribution >= 4 is 28.8 Å². The number of anilines is 1. The van der Waals surface area contributed by atoms with Crippen LogP contribution in [0.1, 0.15) is 16.7 Å². The predicted molar refractivity (Wildman–Crippen MR) is 145 cm³/mol. The molecule has 8 nitrogen and oxygen atoms in total. The van der Waals surface area contributed by atoms with Gasteiger partial charge >= 0.3 is 0 Å². The molecule has 1 heterocycles. The number of nitro benzene ring substituents is 1. The summed E-state index contributed by atoms with van der Waals surface area (Å²) >= 11 is 0. The third-order valence-electron chi connectivity index (χ3n) is 8.03. The van der Waals surface area contributed by atoms with E-state index in [-0.39, 0.29) is 23.2 Å². The Bertz CT molecular complexity index is 1490. The van der Waals surface area contributed by atoms with Gasteiger partial charge in [-0.15, -0.1) is 0 Å². The van der Waals surface area contributed by atoms with Crippen LogP contribution in [0.15, 0.2) is 84.5 Å². The van der Waals surface area contributed by atoms with Gasteiger partial charge in [-0.2, -0.15) is 0 Å². The maximum atomic E-state index is 13.8. The molecule has 3 aliphatic rings. The Morgan fingerprint density at radius 3 is 1.72 bits per heavy atom. The molecule has 6 rings (SSSR count). The number of methoxy groups -OCH3 is 2. The molecule has 2 amide bonds. The van der Waals surface area contributed by atoms with E-state index in [9.17, 15) is 19.7 Å². The molecule has 2 aliphatic carbocycles. The quantitative estimate of drug-likeness (QED) is 0.187. The van der Waals surface area contributed by atoms with Crippen molar-refractivity contribution in [2.75, 3.05) is 19.1 Å². The normalized spacial score (nSPS) is 22.8. The van der Waals surface area contributed by atoms with E-state index < -0.39 is 28.6 Å². The number of rotatable bonds is 6. The van der Waals surface area contributed by atoms with Crippen LogP contribution in [0.2, 0.25) is 0 Å². The van der Waals surface area contributed by atoms with E-state index >= 15 is 0 Å². The van der Waals surface area contributed by atoms with Crippen molar-refractivity contribution in [3.8, 4) is 11.5 Å². The van der Waals surface area contributed by atoms with Gasteiger partial charge in [0.2, 0.25) is 11.8 Å². The van der Waals surface area contributed by atoms with Crippen LogP contribution >= 0.6 is 0 Å². The van der Waals surface area contributed by atoms with Crippen LogP contribution in [0.25, 0.3) is 5.57 Å². The van der Waals surface area contributed by atoms with Crippen LogP contribution in [0.4, 0.5) is 11.4 Å². The Labute approximate surface area is 225 Å². The first kappa shape index (κ1) is 24.6. The summed E-state index contributed by atoms with van der Waals surface area (Å²) in [5, 5.41) is 11.8. The first-order valence-corrected chi connectivity index (χ1v) is 12.7. The molecule has 39 heavy (non-hydrogen) atoms. The number of amides is 2. The summed E-state index contributed by atoms with van der Waals surface area (Å²) in [6, 6.07) is 20.0. The summed E-state index contributed by atoms with van der Waals surface area (Å²) in [4.78, 5) is 40.0. The van der Waals surface area contributed by atoms with E-state index in [1.807, 2.05) is 60.7 Å². The van der Waals surface area contributed by atoms with Crippen molar-refractivity contribution in [1.29, 1.82) is 0 Å². The summed E-state index contributed by atoms with van der Waals surface area (Å²) in [7, 11) is 3.23. The van der Waals surface area contributed by atoms with Crippen molar-refractivity contribution in [3.63, 3.8) is 0 Å². The highest BCUT2D eigenvalue weighted by molar-refractivity contribution is 6.24. The van der Waals surface area contributed by atoms with Crippen molar-refractivity contribution < 1.29 is 24.0 Å². The average molecular weight is 523 g/mol. The second-order valence-corrected chi connectivity index (χ2v) is 10.0. The lowest BCUT2D eigenvalue weighted by Gasteiger charge is -2.22. The molecule has 1 saturated carbocycles. The number of hydrogen-bond donors (Lipinski definition) is 0. The number of benzene rings is 3. The number of nitrogens with zero attached hydrogens (tertiary/aromatic N) is 2. The van der Waals surface area contributed by atoms with Gasteiger partial charge in [0.15, 0.2) is 0 Å². The number of fused-ring (bicyclic) bond motifs is 5. The van der Waals surface area contributed by atoms with Gasteiger partial charge in [-0.25, -0.2) is 4.90 Å². The minimum atomic E-state index is -0.616. The Morgan fingerprint density at radius 1 is 0.795 bits per heavy atom. The topological polar surface area (TPSA) is 99.0 Å². The van der Waals surface area contributed by atoms with Gasteiger partial charge in [-0.3, -0.25) is 19.7 Å². The van der Waals surface area contributed by atoms with Gasteiger partial charge in [0.05, 0.1) is 31.0 Å². The Hall–Kier alpha value is -4.72. The molecule has 196 valence electrons. The molecule has 0 unspecified atom stereocenters. The zero-order valence-electron chi connectivity index (χ0n) is 21.7. The van der Waals surface area contributed by atoms with Crippen LogP contribution in [-0.4, -0.2) is 31.0 Å². The molecule has 1 aliphatic heterocycles. The molecule has 4 atom stereocenters. The van der Waals surface area contributed by atoms with Crippen molar-refractivity contribution in [2.24, 2.45) is 23.7 Å². The highest BCUT2D eigenvalue weighted by Gasteiger charge is 2.63. The fourth-order valence-corrected chi connectivity index (χ4v) is 6.32. The molecular formula is C31H26N2O6. The number of carbonyl (C=O) groups excluding carboxylic acids is 2. The van der Waals surface area contributed by atoms with Crippen LogP contribution < -0.4 is 14.4 Å². The predicted octanol–water partition coefficient (Wildman–Crippen LogP) is 5.34. The van der Waals surface area contributed by atoms with E-state index in [1.54, 1.807) is 27.2 Å². The Kier molecular flexibility index (Phi) is 5.83. The molecule has 0 aromatic heterocycles. The lowest BCUT2D eigenvalue weighted by Crippen LogP contribution is -2.33. The van der Waals surface area contributed by atoms with Gasteiger partial charge in [-0.05, 0) is 65.1 Å². The Morgan fingerprint density at radius 2 is 1.28 bits per heavy atom. The summed E-state index contributed by atoms with van der Waals surface area (Å²) in [5.74, 6) is -1.17. The highest BCUT2D eigenvalue weighted by Crippen LogP contribution is 2.59. The number of carbonyl (C=O) groups is 2. The number of ether oxygens (including phenoxy) is 2. The maximum absolute atomic E-state index is 13.8. The van der Waals surface area contributed by atoms with E-state index in [1.165, 1.54) is 12.1 Å². The van der Waals surface area contributed by atoms with Gasteiger partial charge in [0, 0.05) is 17.9 Å². The molecule has 8 heteroatoms. The van der Waals surface area contributed by atoms with Gasteiger partial charge in [0.1, 0.15) is 17.2 Å². The summed E-state index contributed by atoms with van der Waals surface area (Å²) in [6.07, 6.45) is 4.01. The average Bonchev–Trinajstić information content (AvgIpc) is 3.58. The molecule has 3 aromatic rings. The maximum Gasteiger partial charge on any atom is 0.293 e. The second kappa shape index (κ2) is 9.23. The molecule has 0 radical (unpaired) electrons.